The summed E-state index contributed by atoms with van der Waals surface area (Å²) in [5, 5.41) is 5.36. The van der Waals surface area contributed by atoms with Crippen molar-refractivity contribution >= 4 is 0 Å². The predicted molar refractivity (Wildman–Crippen MR) is 94.3 cm³/mol. The van der Waals surface area contributed by atoms with Crippen LogP contribution in [-0.4, -0.2) is 29.6 Å². The lowest BCUT2D eigenvalue weighted by Gasteiger charge is -2.36. The quantitative estimate of drug-likeness (QED) is 0.723. The van der Waals surface area contributed by atoms with E-state index in [0.29, 0.717) is 6.04 Å². The van der Waals surface area contributed by atoms with Crippen molar-refractivity contribution in [3.63, 3.8) is 0 Å². The lowest BCUT2D eigenvalue weighted by Crippen LogP contribution is -2.49. The molecule has 0 aliphatic heterocycles. The van der Waals surface area contributed by atoms with E-state index in [1.807, 2.05) is 24.3 Å². The van der Waals surface area contributed by atoms with Gasteiger partial charge < -0.3 is 5.32 Å². The van der Waals surface area contributed by atoms with E-state index in [4.69, 9.17) is 0 Å². The second-order valence-corrected chi connectivity index (χ2v) is 6.91. The summed E-state index contributed by atoms with van der Waals surface area (Å²) >= 11 is 0. The molecule has 0 spiro atoms. The van der Waals surface area contributed by atoms with Crippen LogP contribution < -0.4 is 10.7 Å². The Morgan fingerprint density at radius 1 is 1.41 bits per heavy atom. The number of nitrogens with one attached hydrogen (secondary N) is 2. The highest BCUT2D eigenvalue weighted by Gasteiger charge is 2.24. The molecule has 22 heavy (non-hydrogen) atoms. The van der Waals surface area contributed by atoms with Gasteiger partial charge >= 0.3 is 0 Å². The summed E-state index contributed by atoms with van der Waals surface area (Å²) in [7, 11) is 2.01. The third kappa shape index (κ3) is 5.68. The Labute approximate surface area is 136 Å². The molecule has 1 aromatic rings. The first-order chi connectivity index (χ1) is 10.3. The number of rotatable bonds is 8. The fourth-order valence-corrected chi connectivity index (χ4v) is 2.43. The average molecular weight is 304 g/mol. The van der Waals surface area contributed by atoms with Crippen molar-refractivity contribution in [1.29, 1.82) is 0 Å². The van der Waals surface area contributed by atoms with E-state index in [0.717, 1.165) is 30.9 Å². The van der Waals surface area contributed by atoms with Crippen molar-refractivity contribution in [2.45, 2.75) is 53.5 Å². The summed E-state index contributed by atoms with van der Waals surface area (Å²) in [6, 6.07) is 4.48. The molecule has 1 unspecified atom stereocenters. The minimum absolute atomic E-state index is 0.217. The van der Waals surface area contributed by atoms with E-state index < -0.39 is 0 Å². The molecule has 4 heteroatoms. The molecule has 1 rings (SSSR count). The molecular weight excluding hydrogens is 272 g/mol. The third-order valence-corrected chi connectivity index (χ3v) is 4.02. The highest BCUT2D eigenvalue weighted by Crippen LogP contribution is 2.21. The van der Waals surface area contributed by atoms with Crippen molar-refractivity contribution in [3.8, 4) is 0 Å². The molecule has 124 valence electrons. The summed E-state index contributed by atoms with van der Waals surface area (Å²) in [4.78, 5) is 4.42. The van der Waals surface area contributed by atoms with Gasteiger partial charge in [-0.1, -0.05) is 40.3 Å². The Hall–Kier alpha value is -1.55. The molecule has 1 heterocycles. The maximum absolute atomic E-state index is 4.42. The molecular formula is C18H32N4. The molecule has 2 N–H and O–H groups in total. The normalized spacial score (nSPS) is 12.8. The number of pyridine rings is 1. The third-order valence-electron chi connectivity index (χ3n) is 4.02. The van der Waals surface area contributed by atoms with Crippen molar-refractivity contribution in [2.75, 3.05) is 13.6 Å². The first-order valence-corrected chi connectivity index (χ1v) is 8.08. The topological polar surface area (TPSA) is 40.2 Å². The van der Waals surface area contributed by atoms with Crippen molar-refractivity contribution < 1.29 is 0 Å². The zero-order valence-corrected chi connectivity index (χ0v) is 15.0. The van der Waals surface area contributed by atoms with Gasteiger partial charge in [-0.05, 0) is 30.4 Å². The largest absolute Gasteiger partial charge is 0.371 e. The van der Waals surface area contributed by atoms with E-state index in [9.17, 15) is 0 Å². The molecule has 0 radical (unpaired) electrons. The van der Waals surface area contributed by atoms with Gasteiger partial charge in [0.2, 0.25) is 0 Å². The maximum Gasteiger partial charge on any atom is 0.108 e. The number of hydrazine groups is 1. The Morgan fingerprint density at radius 3 is 2.64 bits per heavy atom. The van der Waals surface area contributed by atoms with Crippen LogP contribution in [0.3, 0.4) is 0 Å². The molecule has 0 fully saturated rings. The lowest BCUT2D eigenvalue weighted by atomic mass is 9.86. The van der Waals surface area contributed by atoms with Crippen LogP contribution in [0.5, 0.6) is 0 Å². The summed E-state index contributed by atoms with van der Waals surface area (Å²) in [6.07, 6.45) is 3.82. The Morgan fingerprint density at radius 2 is 2.09 bits per heavy atom. The molecule has 0 aromatic carbocycles. The smallest absolute Gasteiger partial charge is 0.108 e. The SMILES string of the molecule is C=C(NCCc1ncccc1C)N(C)NC(CC)C(C)(C)C. The molecule has 0 aliphatic rings. The van der Waals surface area contributed by atoms with Crippen LogP contribution in [0.15, 0.2) is 30.7 Å². The van der Waals surface area contributed by atoms with Crippen LogP contribution in [0, 0.1) is 12.3 Å². The first-order valence-electron chi connectivity index (χ1n) is 8.08. The van der Waals surface area contributed by atoms with Gasteiger partial charge in [0, 0.05) is 37.9 Å². The highest BCUT2D eigenvalue weighted by molar-refractivity contribution is 5.17. The van der Waals surface area contributed by atoms with Crippen molar-refractivity contribution in [2.24, 2.45) is 5.41 Å². The van der Waals surface area contributed by atoms with E-state index in [1.54, 1.807) is 0 Å². The summed E-state index contributed by atoms with van der Waals surface area (Å²) in [5.74, 6) is 0.885. The number of aromatic nitrogens is 1. The van der Waals surface area contributed by atoms with Gasteiger partial charge in [0.1, 0.15) is 5.82 Å². The van der Waals surface area contributed by atoms with Gasteiger partial charge in [0.15, 0.2) is 0 Å². The monoisotopic (exact) mass is 304 g/mol. The lowest BCUT2D eigenvalue weighted by molar-refractivity contribution is 0.151. The van der Waals surface area contributed by atoms with Gasteiger partial charge in [-0.15, -0.1) is 0 Å². The summed E-state index contributed by atoms with van der Waals surface area (Å²) < 4.78 is 0. The van der Waals surface area contributed by atoms with E-state index in [2.05, 4.69) is 63.0 Å². The van der Waals surface area contributed by atoms with Crippen LogP contribution >= 0.6 is 0 Å². The highest BCUT2D eigenvalue weighted by atomic mass is 15.5. The standard InChI is InChI=1S/C18H32N4/c1-8-17(18(4,5)6)21-22(7)15(3)19-13-11-16-14(2)10-9-12-20-16/h9-10,12,17,19,21H,3,8,11,13H2,1-2,4-7H3. The molecule has 0 saturated carbocycles. The molecule has 0 aliphatic carbocycles. The Bertz CT molecular complexity index is 476. The second kappa shape index (κ2) is 8.18. The van der Waals surface area contributed by atoms with Gasteiger partial charge in [-0.25, -0.2) is 5.43 Å². The number of nitrogens with zero attached hydrogens (tertiary/aromatic N) is 2. The number of hydrogen-bond acceptors (Lipinski definition) is 4. The molecule has 4 nitrogen and oxygen atoms in total. The Balaban J connectivity index is 2.43. The Kier molecular flexibility index (Phi) is 6.88. The average Bonchev–Trinajstić information content (AvgIpc) is 2.45. The second-order valence-electron chi connectivity index (χ2n) is 6.91. The van der Waals surface area contributed by atoms with E-state index >= 15 is 0 Å². The van der Waals surface area contributed by atoms with Crippen LogP contribution in [0.2, 0.25) is 0 Å². The van der Waals surface area contributed by atoms with Gasteiger partial charge in [0.05, 0.1) is 0 Å². The molecule has 0 saturated heterocycles. The van der Waals surface area contributed by atoms with Crippen LogP contribution in [0.4, 0.5) is 0 Å². The molecule has 0 amide bonds. The molecule has 1 aromatic heterocycles. The maximum atomic E-state index is 4.42. The van der Waals surface area contributed by atoms with E-state index in [-0.39, 0.29) is 5.41 Å². The zero-order valence-electron chi connectivity index (χ0n) is 15.0. The van der Waals surface area contributed by atoms with Crippen molar-refractivity contribution in [3.05, 3.63) is 42.0 Å². The minimum Gasteiger partial charge on any atom is -0.371 e. The van der Waals surface area contributed by atoms with E-state index in [1.165, 1.54) is 5.56 Å². The van der Waals surface area contributed by atoms with Gasteiger partial charge in [-0.3, -0.25) is 9.99 Å². The number of aryl methyl sites for hydroxylation is 1. The van der Waals surface area contributed by atoms with Crippen LogP contribution in [0.1, 0.15) is 45.4 Å². The molecule has 0 bridgehead atoms. The van der Waals surface area contributed by atoms with Crippen LogP contribution in [-0.2, 0) is 6.42 Å². The first kappa shape index (κ1) is 18.5. The fraction of sp³-hybridized carbons (Fsp3) is 0.611. The minimum atomic E-state index is 0.217. The van der Waals surface area contributed by atoms with Crippen molar-refractivity contribution in [1.82, 2.24) is 20.7 Å². The summed E-state index contributed by atoms with van der Waals surface area (Å²) in [5.41, 5.74) is 6.11. The fourth-order valence-electron chi connectivity index (χ4n) is 2.43. The van der Waals surface area contributed by atoms with Crippen LogP contribution in [0.25, 0.3) is 0 Å². The number of hydrogen-bond donors (Lipinski definition) is 2. The van der Waals surface area contributed by atoms with Gasteiger partial charge in [-0.2, -0.15) is 0 Å². The zero-order chi connectivity index (χ0) is 16.8. The molecule has 1 atom stereocenters. The van der Waals surface area contributed by atoms with Gasteiger partial charge in [0.25, 0.3) is 0 Å². The summed E-state index contributed by atoms with van der Waals surface area (Å²) in [6.45, 7) is 16.0. The predicted octanol–water partition coefficient (Wildman–Crippen LogP) is 3.25.